The topological polar surface area (TPSA) is 44.0 Å². The monoisotopic (exact) mass is 187 g/mol. The first-order valence-electron chi connectivity index (χ1n) is 4.04. The molecule has 0 saturated carbocycles. The number of fused-ring (bicyclic) bond motifs is 1. The minimum Gasteiger partial charge on any atom is -0.507 e. The maximum Gasteiger partial charge on any atom is 0.134 e. The second-order valence-corrected chi connectivity index (χ2v) is 2.91. The molecule has 3 heteroatoms. The standard InChI is InChI=1S/C11H6FNO/c12-9-3-1-2-7-4-5-10(14)8(6-13)11(7)9/h1-5,14H. The summed E-state index contributed by atoms with van der Waals surface area (Å²) in [6.45, 7) is 0. The van der Waals surface area contributed by atoms with Gasteiger partial charge >= 0.3 is 0 Å². The maximum absolute atomic E-state index is 13.4. The third-order valence-electron chi connectivity index (χ3n) is 2.08. The van der Waals surface area contributed by atoms with Crippen LogP contribution in [0.1, 0.15) is 5.56 Å². The molecule has 0 aliphatic rings. The molecule has 0 aliphatic heterocycles. The number of rotatable bonds is 0. The summed E-state index contributed by atoms with van der Waals surface area (Å²) in [7, 11) is 0. The van der Waals surface area contributed by atoms with E-state index < -0.39 is 5.82 Å². The van der Waals surface area contributed by atoms with Crippen molar-refractivity contribution in [3.8, 4) is 11.8 Å². The van der Waals surface area contributed by atoms with Crippen molar-refractivity contribution in [3.63, 3.8) is 0 Å². The van der Waals surface area contributed by atoms with Crippen molar-refractivity contribution < 1.29 is 9.50 Å². The van der Waals surface area contributed by atoms with E-state index in [9.17, 15) is 9.50 Å². The summed E-state index contributed by atoms with van der Waals surface area (Å²) >= 11 is 0. The highest BCUT2D eigenvalue weighted by Crippen LogP contribution is 2.28. The number of phenolic OH excluding ortho intramolecular Hbond substituents is 1. The third kappa shape index (κ3) is 1.09. The highest BCUT2D eigenvalue weighted by Gasteiger charge is 2.09. The highest BCUT2D eigenvalue weighted by molar-refractivity contribution is 5.90. The average molecular weight is 187 g/mol. The van der Waals surface area contributed by atoms with E-state index in [0.29, 0.717) is 5.39 Å². The molecule has 68 valence electrons. The van der Waals surface area contributed by atoms with Crippen molar-refractivity contribution in [2.75, 3.05) is 0 Å². The van der Waals surface area contributed by atoms with Gasteiger partial charge in [0.1, 0.15) is 23.2 Å². The normalized spacial score (nSPS) is 10.0. The van der Waals surface area contributed by atoms with Gasteiger partial charge in [0, 0.05) is 5.39 Å². The molecule has 1 N–H and O–H groups in total. The van der Waals surface area contributed by atoms with E-state index in [4.69, 9.17) is 5.26 Å². The van der Waals surface area contributed by atoms with Crippen LogP contribution in [0.2, 0.25) is 0 Å². The van der Waals surface area contributed by atoms with Gasteiger partial charge in [-0.25, -0.2) is 4.39 Å². The van der Waals surface area contributed by atoms with Crippen molar-refractivity contribution in [1.29, 1.82) is 5.26 Å². The second-order valence-electron chi connectivity index (χ2n) is 2.91. The smallest absolute Gasteiger partial charge is 0.134 e. The SMILES string of the molecule is N#Cc1c(O)ccc2cccc(F)c12. The summed E-state index contributed by atoms with van der Waals surface area (Å²) < 4.78 is 13.4. The molecule has 2 aromatic carbocycles. The van der Waals surface area contributed by atoms with Crippen molar-refractivity contribution in [2.24, 2.45) is 0 Å². The Hall–Kier alpha value is -2.08. The Kier molecular flexibility index (Phi) is 1.83. The first-order valence-corrected chi connectivity index (χ1v) is 4.04. The zero-order valence-electron chi connectivity index (χ0n) is 7.16. The fraction of sp³-hybridized carbons (Fsp3) is 0. The molecule has 14 heavy (non-hydrogen) atoms. The van der Waals surface area contributed by atoms with Gasteiger partial charge in [-0.3, -0.25) is 0 Å². The minimum absolute atomic E-state index is 0.0133. The molecule has 0 spiro atoms. The van der Waals surface area contributed by atoms with E-state index in [0.717, 1.165) is 0 Å². The zero-order chi connectivity index (χ0) is 10.1. The lowest BCUT2D eigenvalue weighted by Gasteiger charge is -2.02. The number of hydrogen-bond donors (Lipinski definition) is 1. The third-order valence-corrected chi connectivity index (χ3v) is 2.08. The van der Waals surface area contributed by atoms with Crippen LogP contribution in [0.25, 0.3) is 10.8 Å². The quantitative estimate of drug-likeness (QED) is 0.688. The molecule has 0 saturated heterocycles. The summed E-state index contributed by atoms with van der Waals surface area (Å²) in [4.78, 5) is 0. The Bertz CT molecular complexity index is 543. The molecule has 0 atom stereocenters. The molecule has 2 nitrogen and oxygen atoms in total. The summed E-state index contributed by atoms with van der Waals surface area (Å²) in [5, 5.41) is 18.9. The predicted octanol–water partition coefficient (Wildman–Crippen LogP) is 2.56. The van der Waals surface area contributed by atoms with Crippen molar-refractivity contribution in [3.05, 3.63) is 41.7 Å². The lowest BCUT2D eigenvalue weighted by atomic mass is 10.0. The van der Waals surface area contributed by atoms with Gasteiger partial charge in [0.05, 0.1) is 0 Å². The summed E-state index contributed by atoms with van der Waals surface area (Å²) in [5.74, 6) is -0.681. The molecule has 2 rings (SSSR count). The lowest BCUT2D eigenvalue weighted by molar-refractivity contribution is 0.474. The Morgan fingerprint density at radius 3 is 2.71 bits per heavy atom. The average Bonchev–Trinajstić information content (AvgIpc) is 2.19. The van der Waals surface area contributed by atoms with Gasteiger partial charge in [0.15, 0.2) is 0 Å². The Balaban J connectivity index is 3.01. The lowest BCUT2D eigenvalue weighted by Crippen LogP contribution is -1.85. The van der Waals surface area contributed by atoms with Crippen LogP contribution in [-0.2, 0) is 0 Å². The van der Waals surface area contributed by atoms with Gasteiger partial charge in [-0.2, -0.15) is 5.26 Å². The summed E-state index contributed by atoms with van der Waals surface area (Å²) in [5.41, 5.74) is -0.0133. The maximum atomic E-state index is 13.4. The molecule has 0 aliphatic carbocycles. The minimum atomic E-state index is -0.491. The van der Waals surface area contributed by atoms with Gasteiger partial charge in [-0.1, -0.05) is 18.2 Å². The molecular formula is C11H6FNO. The Labute approximate surface area is 79.8 Å². The largest absolute Gasteiger partial charge is 0.507 e. The number of phenols is 1. The van der Waals surface area contributed by atoms with Gasteiger partial charge in [-0.15, -0.1) is 0 Å². The predicted molar refractivity (Wildman–Crippen MR) is 50.3 cm³/mol. The molecule has 0 aromatic heterocycles. The van der Waals surface area contributed by atoms with Crippen LogP contribution in [0.3, 0.4) is 0 Å². The summed E-state index contributed by atoms with van der Waals surface area (Å²) in [6, 6.07) is 9.28. The number of aromatic hydroxyl groups is 1. The van der Waals surface area contributed by atoms with Crippen LogP contribution < -0.4 is 0 Å². The molecule has 0 heterocycles. The number of hydrogen-bond acceptors (Lipinski definition) is 2. The Morgan fingerprint density at radius 1 is 1.21 bits per heavy atom. The van der Waals surface area contributed by atoms with Crippen LogP contribution in [0.5, 0.6) is 5.75 Å². The molecule has 0 radical (unpaired) electrons. The number of nitrogens with zero attached hydrogens (tertiary/aromatic N) is 1. The van der Waals surface area contributed by atoms with E-state index in [1.54, 1.807) is 24.3 Å². The van der Waals surface area contributed by atoms with Crippen LogP contribution >= 0.6 is 0 Å². The van der Waals surface area contributed by atoms with E-state index in [-0.39, 0.29) is 16.7 Å². The molecule has 0 amide bonds. The van der Waals surface area contributed by atoms with Crippen molar-refractivity contribution >= 4 is 10.8 Å². The van der Waals surface area contributed by atoms with Crippen molar-refractivity contribution in [2.45, 2.75) is 0 Å². The molecule has 0 bridgehead atoms. The van der Waals surface area contributed by atoms with Crippen LogP contribution in [0, 0.1) is 17.1 Å². The Morgan fingerprint density at radius 2 is 2.00 bits per heavy atom. The highest BCUT2D eigenvalue weighted by atomic mass is 19.1. The zero-order valence-corrected chi connectivity index (χ0v) is 7.16. The summed E-state index contributed by atoms with van der Waals surface area (Å²) in [6.07, 6.45) is 0. The first kappa shape index (κ1) is 8.52. The number of nitriles is 1. The van der Waals surface area contributed by atoms with Crippen LogP contribution in [0.4, 0.5) is 4.39 Å². The van der Waals surface area contributed by atoms with Gasteiger partial charge in [-0.05, 0) is 17.5 Å². The van der Waals surface area contributed by atoms with Gasteiger partial charge in [0.25, 0.3) is 0 Å². The van der Waals surface area contributed by atoms with E-state index in [1.807, 2.05) is 0 Å². The van der Waals surface area contributed by atoms with E-state index in [2.05, 4.69) is 0 Å². The molecule has 2 aromatic rings. The van der Waals surface area contributed by atoms with Crippen LogP contribution in [0.15, 0.2) is 30.3 Å². The first-order chi connectivity index (χ1) is 6.74. The fourth-order valence-corrected chi connectivity index (χ4v) is 1.44. The second kappa shape index (κ2) is 3.00. The van der Waals surface area contributed by atoms with E-state index >= 15 is 0 Å². The van der Waals surface area contributed by atoms with Crippen molar-refractivity contribution in [1.82, 2.24) is 0 Å². The molecular weight excluding hydrogens is 181 g/mol. The fourth-order valence-electron chi connectivity index (χ4n) is 1.44. The number of halogens is 1. The molecule has 0 unspecified atom stereocenters. The van der Waals surface area contributed by atoms with Gasteiger partial charge in [0.2, 0.25) is 0 Å². The van der Waals surface area contributed by atoms with E-state index in [1.165, 1.54) is 12.1 Å². The van der Waals surface area contributed by atoms with Gasteiger partial charge < -0.3 is 5.11 Å². The molecule has 0 fully saturated rings. The van der Waals surface area contributed by atoms with Crippen LogP contribution in [-0.4, -0.2) is 5.11 Å². The number of benzene rings is 2.